The van der Waals surface area contributed by atoms with Gasteiger partial charge in [-0.1, -0.05) is 38.5 Å². The lowest BCUT2D eigenvalue weighted by molar-refractivity contribution is -0.136. The summed E-state index contributed by atoms with van der Waals surface area (Å²) in [5, 5.41) is 15.6. The maximum absolute atomic E-state index is 14.4. The molecule has 1 unspecified atom stereocenters. The van der Waals surface area contributed by atoms with E-state index in [9.17, 15) is 31.9 Å². The Morgan fingerprint density at radius 1 is 0.759 bits per heavy atom. The average molecular weight is 749 g/mol. The number of carbonyl (C=O) groups is 3. The van der Waals surface area contributed by atoms with Crippen molar-refractivity contribution in [2.24, 2.45) is 11.8 Å². The van der Waals surface area contributed by atoms with Gasteiger partial charge in [-0.2, -0.15) is 0 Å². The summed E-state index contributed by atoms with van der Waals surface area (Å²) in [5.74, 6) is -3.15. The molecule has 8 nitrogen and oxygen atoms in total. The van der Waals surface area contributed by atoms with Crippen LogP contribution in [0.1, 0.15) is 114 Å². The molecule has 0 spiro atoms. The van der Waals surface area contributed by atoms with E-state index in [1.807, 2.05) is 6.92 Å². The molecule has 2 aliphatic rings. The van der Waals surface area contributed by atoms with Gasteiger partial charge in [0, 0.05) is 57.7 Å². The second-order valence-corrected chi connectivity index (χ2v) is 14.4. The number of halogens is 4. The molecule has 5 aromatic rings. The largest absolute Gasteiger partial charge is 0.481 e. The molecule has 54 heavy (non-hydrogen) atoms. The molecule has 2 heterocycles. The Labute approximate surface area is 310 Å². The van der Waals surface area contributed by atoms with E-state index < -0.39 is 29.2 Å². The van der Waals surface area contributed by atoms with Crippen molar-refractivity contribution in [3.8, 4) is 0 Å². The molecule has 2 aliphatic carbocycles. The maximum atomic E-state index is 14.4. The SMILES string of the molecule is Cc1c(C(=O)C2CCCCC2)oc2c(F)cc(F)cc12.Cc1c(C(Nc2ccc(C(=O)NCCC(=O)O)cc2)C2CCCCC2)oc2c(F)cc(F)cc12. The molecule has 1 amide bonds. The van der Waals surface area contributed by atoms with E-state index in [-0.39, 0.29) is 59.5 Å². The summed E-state index contributed by atoms with van der Waals surface area (Å²) in [7, 11) is 0. The highest BCUT2D eigenvalue weighted by Crippen LogP contribution is 2.41. The second kappa shape index (κ2) is 16.9. The summed E-state index contributed by atoms with van der Waals surface area (Å²) in [6.45, 7) is 3.56. The van der Waals surface area contributed by atoms with Gasteiger partial charge in [0.2, 0.25) is 5.78 Å². The first-order valence-electron chi connectivity index (χ1n) is 18.6. The first kappa shape index (κ1) is 38.6. The second-order valence-electron chi connectivity index (χ2n) is 14.4. The maximum Gasteiger partial charge on any atom is 0.305 e. The van der Waals surface area contributed by atoms with E-state index in [0.717, 1.165) is 75.6 Å². The number of amides is 1. The standard InChI is InChI=1S/C26H28F2N2O4.C16H16F2O2/c1-15-20-13-18(27)14-21(28)25(20)34-24(15)23(16-5-3-2-4-6-16)30-19-9-7-17(8-10-19)26(33)29-12-11-22(31)32;1-9-12-7-11(17)8-13(18)16(12)20-15(9)14(19)10-5-3-2-4-6-10/h7-10,13-14,16,23,30H,2-6,11-12H2,1H3,(H,29,33)(H,31,32);7-8,10H,2-6H2,1H3. The van der Waals surface area contributed by atoms with Crippen molar-refractivity contribution in [3.63, 3.8) is 0 Å². The number of nitrogens with one attached hydrogen (secondary N) is 2. The summed E-state index contributed by atoms with van der Waals surface area (Å²) in [6, 6.07) is 10.8. The van der Waals surface area contributed by atoms with Gasteiger partial charge in [-0.05, 0) is 81.8 Å². The molecule has 2 fully saturated rings. The number of ketones is 1. The lowest BCUT2D eigenvalue weighted by Gasteiger charge is -2.31. The summed E-state index contributed by atoms with van der Waals surface area (Å²) >= 11 is 0. The number of Topliss-reactive ketones (excluding diaryl/α,β-unsaturated/α-hetero) is 1. The fourth-order valence-corrected chi connectivity index (χ4v) is 7.73. The van der Waals surface area contributed by atoms with Crippen molar-refractivity contribution in [3.05, 3.63) is 100 Å². The molecule has 3 aromatic carbocycles. The lowest BCUT2D eigenvalue weighted by Crippen LogP contribution is -2.26. The first-order valence-corrected chi connectivity index (χ1v) is 18.6. The fourth-order valence-electron chi connectivity index (χ4n) is 7.73. The zero-order chi connectivity index (χ0) is 38.5. The van der Waals surface area contributed by atoms with Crippen molar-refractivity contribution in [2.75, 3.05) is 11.9 Å². The zero-order valence-corrected chi connectivity index (χ0v) is 30.3. The minimum Gasteiger partial charge on any atom is -0.481 e. The Morgan fingerprint density at radius 2 is 1.31 bits per heavy atom. The Balaban J connectivity index is 0.000000210. The van der Waals surface area contributed by atoms with Crippen LogP contribution in [-0.2, 0) is 4.79 Å². The number of aliphatic carboxylic acids is 1. The highest BCUT2D eigenvalue weighted by atomic mass is 19.1. The van der Waals surface area contributed by atoms with Crippen LogP contribution in [0.4, 0.5) is 23.2 Å². The molecule has 0 bridgehead atoms. The highest BCUT2D eigenvalue weighted by Gasteiger charge is 2.31. The molecular weight excluding hydrogens is 704 g/mol. The topological polar surface area (TPSA) is 122 Å². The van der Waals surface area contributed by atoms with E-state index in [1.165, 1.54) is 18.6 Å². The van der Waals surface area contributed by atoms with Crippen LogP contribution in [0.3, 0.4) is 0 Å². The van der Waals surface area contributed by atoms with Gasteiger partial charge in [-0.3, -0.25) is 14.4 Å². The lowest BCUT2D eigenvalue weighted by atomic mass is 9.82. The predicted octanol–water partition coefficient (Wildman–Crippen LogP) is 10.7. The summed E-state index contributed by atoms with van der Waals surface area (Å²) in [6.07, 6.45) is 10.2. The van der Waals surface area contributed by atoms with Crippen LogP contribution in [-0.4, -0.2) is 29.3 Å². The van der Waals surface area contributed by atoms with E-state index in [1.54, 1.807) is 31.2 Å². The molecule has 7 rings (SSSR count). The zero-order valence-electron chi connectivity index (χ0n) is 30.3. The van der Waals surface area contributed by atoms with Gasteiger partial charge in [-0.15, -0.1) is 0 Å². The Morgan fingerprint density at radius 3 is 1.91 bits per heavy atom. The first-order chi connectivity index (χ1) is 25.9. The molecule has 286 valence electrons. The Kier molecular flexibility index (Phi) is 12.1. The van der Waals surface area contributed by atoms with Crippen molar-refractivity contribution < 1.29 is 45.9 Å². The van der Waals surface area contributed by atoms with Gasteiger partial charge < -0.3 is 24.6 Å². The smallest absolute Gasteiger partial charge is 0.305 e. The Hall–Kier alpha value is -5.13. The summed E-state index contributed by atoms with van der Waals surface area (Å²) in [5.41, 5.74) is 2.47. The van der Waals surface area contributed by atoms with Crippen LogP contribution in [0.2, 0.25) is 0 Å². The third-order valence-electron chi connectivity index (χ3n) is 10.6. The van der Waals surface area contributed by atoms with E-state index in [4.69, 9.17) is 13.9 Å². The summed E-state index contributed by atoms with van der Waals surface area (Å²) in [4.78, 5) is 35.3. The monoisotopic (exact) mass is 748 g/mol. The number of benzene rings is 3. The van der Waals surface area contributed by atoms with Gasteiger partial charge in [0.05, 0.1) is 12.5 Å². The van der Waals surface area contributed by atoms with E-state index in [2.05, 4.69) is 10.6 Å². The molecule has 0 radical (unpaired) electrons. The molecule has 0 saturated heterocycles. The predicted molar refractivity (Wildman–Crippen MR) is 197 cm³/mol. The molecule has 2 saturated carbocycles. The molecule has 0 aliphatic heterocycles. The van der Waals surface area contributed by atoms with Crippen LogP contribution < -0.4 is 10.6 Å². The van der Waals surface area contributed by atoms with Gasteiger partial charge in [-0.25, -0.2) is 17.6 Å². The van der Waals surface area contributed by atoms with Gasteiger partial charge in [0.15, 0.2) is 28.6 Å². The van der Waals surface area contributed by atoms with Crippen molar-refractivity contribution in [1.29, 1.82) is 0 Å². The number of furan rings is 2. The van der Waals surface area contributed by atoms with Crippen LogP contribution in [0.5, 0.6) is 0 Å². The number of hydrogen-bond donors (Lipinski definition) is 3. The minimum atomic E-state index is -0.975. The molecule has 3 N–H and O–H groups in total. The van der Waals surface area contributed by atoms with Crippen LogP contribution >= 0.6 is 0 Å². The van der Waals surface area contributed by atoms with Crippen LogP contribution in [0.15, 0.2) is 57.4 Å². The number of hydrogen-bond acceptors (Lipinski definition) is 6. The third-order valence-corrected chi connectivity index (χ3v) is 10.6. The van der Waals surface area contributed by atoms with Crippen LogP contribution in [0.25, 0.3) is 21.9 Å². The van der Waals surface area contributed by atoms with Crippen molar-refractivity contribution in [2.45, 2.75) is 90.5 Å². The number of anilines is 1. The van der Waals surface area contributed by atoms with Gasteiger partial charge >= 0.3 is 5.97 Å². The van der Waals surface area contributed by atoms with E-state index >= 15 is 0 Å². The molecular formula is C42H44F4N2O6. The molecule has 1 atom stereocenters. The molecule has 2 aromatic heterocycles. The van der Waals surface area contributed by atoms with Gasteiger partial charge in [0.1, 0.15) is 17.4 Å². The minimum absolute atomic E-state index is 0.0249. The Bertz CT molecular complexity index is 2150. The normalized spacial score (nSPS) is 15.8. The molecule has 12 heteroatoms. The van der Waals surface area contributed by atoms with Crippen molar-refractivity contribution >= 4 is 45.3 Å². The fraction of sp³-hybridized carbons (Fsp3) is 0.405. The van der Waals surface area contributed by atoms with Gasteiger partial charge in [0.25, 0.3) is 5.91 Å². The summed E-state index contributed by atoms with van der Waals surface area (Å²) < 4.78 is 66.6. The number of aryl methyl sites for hydroxylation is 2. The number of fused-ring (bicyclic) bond motifs is 2. The van der Waals surface area contributed by atoms with E-state index in [0.29, 0.717) is 33.2 Å². The van der Waals surface area contributed by atoms with Crippen LogP contribution in [0, 0.1) is 49.0 Å². The highest BCUT2D eigenvalue weighted by molar-refractivity contribution is 6.01. The average Bonchev–Trinajstić information content (AvgIpc) is 3.67. The quantitative estimate of drug-likeness (QED) is 0.0960. The van der Waals surface area contributed by atoms with Crippen molar-refractivity contribution in [1.82, 2.24) is 5.32 Å². The number of carboxylic acids is 1. The number of carboxylic acid groups (broad SMARTS) is 1. The third kappa shape index (κ3) is 8.63. The number of rotatable bonds is 10. The number of carbonyl (C=O) groups excluding carboxylic acids is 2.